The first-order valence-electron chi connectivity index (χ1n) is 10.6. The molecule has 1 N–H and O–H groups in total. The van der Waals surface area contributed by atoms with Crippen LogP contribution in [-0.2, 0) is 4.79 Å². The summed E-state index contributed by atoms with van der Waals surface area (Å²) in [7, 11) is 0. The van der Waals surface area contributed by atoms with Crippen molar-refractivity contribution in [1.29, 1.82) is 5.26 Å². The molecule has 0 aromatic heterocycles. The fraction of sp³-hybridized carbons (Fsp3) is 0.192. The topological polar surface area (TPSA) is 73.2 Å². The van der Waals surface area contributed by atoms with Gasteiger partial charge in [-0.15, -0.1) is 0 Å². The third-order valence-electron chi connectivity index (χ3n) is 5.53. The molecule has 0 bridgehead atoms. The molecule has 0 aliphatic carbocycles. The zero-order chi connectivity index (χ0) is 22.3. The van der Waals surface area contributed by atoms with Gasteiger partial charge in [0.15, 0.2) is 0 Å². The van der Waals surface area contributed by atoms with Crippen molar-refractivity contribution in [2.75, 3.05) is 18.4 Å². The van der Waals surface area contributed by atoms with Crippen LogP contribution in [0.3, 0.4) is 0 Å². The van der Waals surface area contributed by atoms with E-state index in [1.165, 1.54) is 4.90 Å². The van der Waals surface area contributed by atoms with Crippen LogP contribution in [0.2, 0.25) is 0 Å². The van der Waals surface area contributed by atoms with E-state index >= 15 is 0 Å². The van der Waals surface area contributed by atoms with Gasteiger partial charge in [0, 0.05) is 34.5 Å². The van der Waals surface area contributed by atoms with Gasteiger partial charge in [-0.25, -0.2) is 0 Å². The average molecular weight is 442 g/mol. The number of piperidine rings is 1. The zero-order valence-electron chi connectivity index (χ0n) is 17.5. The Hall–Kier alpha value is -3.56. The number of nitriles is 1. The Kier molecular flexibility index (Phi) is 6.88. The Morgan fingerprint density at radius 3 is 2.19 bits per heavy atom. The highest BCUT2D eigenvalue weighted by Gasteiger charge is 2.28. The number of nitrogens with zero attached hydrogens (tertiary/aromatic N) is 2. The van der Waals surface area contributed by atoms with Crippen molar-refractivity contribution in [3.05, 3.63) is 90.0 Å². The summed E-state index contributed by atoms with van der Waals surface area (Å²) < 4.78 is 0. The van der Waals surface area contributed by atoms with E-state index in [-0.39, 0.29) is 17.7 Å². The smallest absolute Gasteiger partial charge is 0.255 e. The molecule has 160 valence electrons. The summed E-state index contributed by atoms with van der Waals surface area (Å²) >= 11 is 1.68. The molecule has 6 heteroatoms. The number of hydrogen-bond acceptors (Lipinski definition) is 4. The first-order valence-corrected chi connectivity index (χ1v) is 11.4. The Balaban J connectivity index is 1.30. The Morgan fingerprint density at radius 1 is 0.875 bits per heavy atom. The molecule has 0 saturated carbocycles. The van der Waals surface area contributed by atoms with Gasteiger partial charge in [-0.2, -0.15) is 5.26 Å². The number of rotatable bonds is 5. The van der Waals surface area contributed by atoms with Gasteiger partial charge in [0.05, 0.1) is 17.2 Å². The van der Waals surface area contributed by atoms with Crippen molar-refractivity contribution in [2.24, 2.45) is 5.92 Å². The SMILES string of the molecule is N#Cc1ccccc1C(=O)N1CCC(C(=O)Nc2ccc(Sc3ccccc3)cc2)CC1. The monoisotopic (exact) mass is 441 g/mol. The second kappa shape index (κ2) is 10.2. The maximum absolute atomic E-state index is 12.8. The molecule has 3 aromatic rings. The molecule has 0 atom stereocenters. The summed E-state index contributed by atoms with van der Waals surface area (Å²) in [6, 6.07) is 26.9. The van der Waals surface area contributed by atoms with E-state index in [1.807, 2.05) is 42.5 Å². The lowest BCUT2D eigenvalue weighted by atomic mass is 9.95. The number of nitrogens with one attached hydrogen (secondary N) is 1. The maximum Gasteiger partial charge on any atom is 0.255 e. The number of anilines is 1. The summed E-state index contributed by atoms with van der Waals surface area (Å²) in [6.45, 7) is 1.01. The lowest BCUT2D eigenvalue weighted by molar-refractivity contribution is -0.121. The molecule has 1 aliphatic heterocycles. The fourth-order valence-electron chi connectivity index (χ4n) is 3.76. The largest absolute Gasteiger partial charge is 0.339 e. The van der Waals surface area contributed by atoms with E-state index in [0.717, 1.165) is 10.6 Å². The summed E-state index contributed by atoms with van der Waals surface area (Å²) in [4.78, 5) is 29.5. The van der Waals surface area contributed by atoms with Crippen LogP contribution in [0.5, 0.6) is 0 Å². The normalized spacial score (nSPS) is 13.9. The van der Waals surface area contributed by atoms with Gasteiger partial charge in [-0.05, 0) is 61.4 Å². The highest BCUT2D eigenvalue weighted by Crippen LogP contribution is 2.28. The number of likely N-dealkylation sites (tertiary alicyclic amines) is 1. The molecule has 1 saturated heterocycles. The van der Waals surface area contributed by atoms with E-state index in [9.17, 15) is 14.9 Å². The zero-order valence-corrected chi connectivity index (χ0v) is 18.3. The van der Waals surface area contributed by atoms with Crippen LogP contribution >= 0.6 is 11.8 Å². The molecule has 5 nitrogen and oxygen atoms in total. The summed E-state index contributed by atoms with van der Waals surface area (Å²) in [5, 5.41) is 12.2. The Labute approximate surface area is 192 Å². The minimum Gasteiger partial charge on any atom is -0.339 e. The maximum atomic E-state index is 12.8. The molecule has 0 unspecified atom stereocenters. The third kappa shape index (κ3) is 5.19. The molecule has 1 aliphatic rings. The summed E-state index contributed by atoms with van der Waals surface area (Å²) in [5.74, 6) is -0.297. The lowest BCUT2D eigenvalue weighted by Gasteiger charge is -2.31. The molecule has 0 spiro atoms. The standard InChI is InChI=1S/C26H23N3O2S/c27-18-20-6-4-5-9-24(20)26(31)29-16-14-19(15-17-29)25(30)28-21-10-12-23(13-11-21)32-22-7-2-1-3-8-22/h1-13,19H,14-17H2,(H,28,30). The van der Waals surface area contributed by atoms with E-state index in [0.29, 0.717) is 37.1 Å². The van der Waals surface area contributed by atoms with Crippen LogP contribution in [0.25, 0.3) is 0 Å². The number of carbonyl (C=O) groups is 2. The van der Waals surface area contributed by atoms with Crippen molar-refractivity contribution in [3.8, 4) is 6.07 Å². The van der Waals surface area contributed by atoms with Crippen LogP contribution in [0.15, 0.2) is 88.7 Å². The highest BCUT2D eigenvalue weighted by molar-refractivity contribution is 7.99. The summed E-state index contributed by atoms with van der Waals surface area (Å²) in [5.41, 5.74) is 1.58. The average Bonchev–Trinajstić information content (AvgIpc) is 2.85. The van der Waals surface area contributed by atoms with Crippen molar-refractivity contribution < 1.29 is 9.59 Å². The van der Waals surface area contributed by atoms with Gasteiger partial charge in [0.25, 0.3) is 5.91 Å². The fourth-order valence-corrected chi connectivity index (χ4v) is 4.60. The Bertz CT molecular complexity index is 1130. The quantitative estimate of drug-likeness (QED) is 0.591. The van der Waals surface area contributed by atoms with Gasteiger partial charge in [-0.3, -0.25) is 9.59 Å². The molecular formula is C26H23N3O2S. The van der Waals surface area contributed by atoms with Crippen molar-refractivity contribution in [1.82, 2.24) is 4.90 Å². The van der Waals surface area contributed by atoms with Gasteiger partial charge in [0.2, 0.25) is 5.91 Å². The second-order valence-electron chi connectivity index (χ2n) is 7.65. The molecule has 1 fully saturated rings. The molecule has 32 heavy (non-hydrogen) atoms. The first kappa shape index (κ1) is 21.7. The van der Waals surface area contributed by atoms with Crippen molar-refractivity contribution >= 4 is 29.3 Å². The third-order valence-corrected chi connectivity index (χ3v) is 6.55. The summed E-state index contributed by atoms with van der Waals surface area (Å²) in [6.07, 6.45) is 1.21. The number of benzene rings is 3. The van der Waals surface area contributed by atoms with E-state index in [1.54, 1.807) is 40.9 Å². The van der Waals surface area contributed by atoms with Gasteiger partial charge in [0.1, 0.15) is 0 Å². The van der Waals surface area contributed by atoms with Crippen LogP contribution in [-0.4, -0.2) is 29.8 Å². The van der Waals surface area contributed by atoms with Crippen LogP contribution in [0.4, 0.5) is 5.69 Å². The first-order chi connectivity index (χ1) is 15.6. The number of carbonyl (C=O) groups excluding carboxylic acids is 2. The molecule has 0 radical (unpaired) electrons. The predicted molar refractivity (Wildman–Crippen MR) is 125 cm³/mol. The minimum atomic E-state index is -0.146. The van der Waals surface area contributed by atoms with Crippen LogP contribution in [0.1, 0.15) is 28.8 Å². The Morgan fingerprint density at radius 2 is 1.50 bits per heavy atom. The molecule has 4 rings (SSSR count). The van der Waals surface area contributed by atoms with Crippen molar-refractivity contribution in [2.45, 2.75) is 22.6 Å². The number of amides is 2. The predicted octanol–water partition coefficient (Wildman–Crippen LogP) is 5.20. The van der Waals surface area contributed by atoms with Gasteiger partial charge in [-0.1, -0.05) is 42.1 Å². The van der Waals surface area contributed by atoms with Crippen molar-refractivity contribution in [3.63, 3.8) is 0 Å². The van der Waals surface area contributed by atoms with Gasteiger partial charge >= 0.3 is 0 Å². The van der Waals surface area contributed by atoms with E-state index in [2.05, 4.69) is 23.5 Å². The molecule has 2 amide bonds. The molecular weight excluding hydrogens is 418 g/mol. The lowest BCUT2D eigenvalue weighted by Crippen LogP contribution is -2.41. The minimum absolute atomic E-state index is 0.0158. The van der Waals surface area contributed by atoms with E-state index < -0.39 is 0 Å². The number of hydrogen-bond donors (Lipinski definition) is 1. The van der Waals surface area contributed by atoms with Crippen LogP contribution in [0, 0.1) is 17.2 Å². The molecule has 1 heterocycles. The second-order valence-corrected chi connectivity index (χ2v) is 8.80. The van der Waals surface area contributed by atoms with Crippen LogP contribution < -0.4 is 5.32 Å². The van der Waals surface area contributed by atoms with E-state index in [4.69, 9.17) is 0 Å². The van der Waals surface area contributed by atoms with Gasteiger partial charge < -0.3 is 10.2 Å². The highest BCUT2D eigenvalue weighted by atomic mass is 32.2. The molecule has 3 aromatic carbocycles.